The molecule has 0 aromatic rings. The van der Waals surface area contributed by atoms with Crippen LogP contribution in [0, 0.1) is 35.5 Å². The number of piperidine rings is 1. The van der Waals surface area contributed by atoms with Crippen molar-refractivity contribution < 1.29 is 63.0 Å². The first-order valence-corrected chi connectivity index (χ1v) is 24.5. The van der Waals surface area contributed by atoms with Crippen LogP contribution in [0.1, 0.15) is 132 Å². The van der Waals surface area contributed by atoms with E-state index < -0.39 is 83.9 Å². The molecule has 3 heterocycles. The number of amides is 1. The molecule has 0 aromatic heterocycles. The van der Waals surface area contributed by atoms with Gasteiger partial charge in [-0.15, -0.1) is 0 Å². The molecular weight excluding hydrogens is 847 g/mol. The zero-order valence-electron chi connectivity index (χ0n) is 41.3. The molecule has 15 unspecified atom stereocenters. The lowest BCUT2D eigenvalue weighted by molar-refractivity contribution is -0.265. The number of aliphatic hydroxyl groups excluding tert-OH is 2. The van der Waals surface area contributed by atoms with E-state index in [-0.39, 0.29) is 54.8 Å². The van der Waals surface area contributed by atoms with Gasteiger partial charge in [0.15, 0.2) is 5.78 Å². The Bertz CT molecular complexity index is 1770. The van der Waals surface area contributed by atoms with Crippen LogP contribution in [0.4, 0.5) is 0 Å². The maximum atomic E-state index is 14.4. The topological polar surface area (TPSA) is 195 Å². The number of hydrogen-bond acceptors (Lipinski definition) is 13. The van der Waals surface area contributed by atoms with Crippen LogP contribution in [-0.2, 0) is 47.7 Å². The Labute approximate surface area is 393 Å². The van der Waals surface area contributed by atoms with Crippen molar-refractivity contribution in [2.45, 2.75) is 186 Å². The number of cyclic esters (lactones) is 1. The van der Waals surface area contributed by atoms with Crippen LogP contribution in [0.3, 0.4) is 0 Å². The van der Waals surface area contributed by atoms with Crippen molar-refractivity contribution in [2.75, 3.05) is 27.9 Å². The highest BCUT2D eigenvalue weighted by atomic mass is 16.6. The molecule has 14 heteroatoms. The molecule has 1 aliphatic carbocycles. The Morgan fingerprint density at radius 2 is 1.59 bits per heavy atom. The summed E-state index contributed by atoms with van der Waals surface area (Å²) >= 11 is 0. The van der Waals surface area contributed by atoms with Gasteiger partial charge in [-0.2, -0.15) is 0 Å². The first-order chi connectivity index (χ1) is 31.3. The summed E-state index contributed by atoms with van der Waals surface area (Å²) < 4.78 is 29.4. The van der Waals surface area contributed by atoms with E-state index in [1.165, 1.54) is 12.0 Å². The molecule has 66 heavy (non-hydrogen) atoms. The van der Waals surface area contributed by atoms with Crippen molar-refractivity contribution in [2.24, 2.45) is 35.5 Å². The highest BCUT2D eigenvalue weighted by molar-refractivity contribution is 6.39. The third kappa shape index (κ3) is 14.3. The first kappa shape index (κ1) is 55.2. The van der Waals surface area contributed by atoms with Crippen LogP contribution in [-0.4, -0.2) is 132 Å². The quantitative estimate of drug-likeness (QED) is 0.141. The Kier molecular flexibility index (Phi) is 21.6. The summed E-state index contributed by atoms with van der Waals surface area (Å²) in [7, 11) is 4.53. The summed E-state index contributed by atoms with van der Waals surface area (Å²) in [5.74, 6) is -7.89. The van der Waals surface area contributed by atoms with E-state index in [1.807, 2.05) is 45.1 Å². The molecule has 14 nitrogen and oxygen atoms in total. The number of carbonyl (C=O) groups is 5. The van der Waals surface area contributed by atoms with Gasteiger partial charge >= 0.3 is 5.97 Å². The van der Waals surface area contributed by atoms with E-state index in [4.69, 9.17) is 23.7 Å². The number of rotatable bonds is 7. The van der Waals surface area contributed by atoms with Crippen LogP contribution in [0.15, 0.2) is 47.6 Å². The second kappa shape index (κ2) is 25.8. The number of aliphatic hydroxyl groups is 3. The van der Waals surface area contributed by atoms with Gasteiger partial charge in [-0.1, -0.05) is 71.1 Å². The van der Waals surface area contributed by atoms with Gasteiger partial charge in [-0.25, -0.2) is 4.79 Å². The van der Waals surface area contributed by atoms with Crippen LogP contribution in [0.5, 0.6) is 0 Å². The Morgan fingerprint density at radius 1 is 0.864 bits per heavy atom. The van der Waals surface area contributed by atoms with E-state index in [0.717, 1.165) is 18.4 Å². The van der Waals surface area contributed by atoms with E-state index in [9.17, 15) is 39.3 Å². The summed E-state index contributed by atoms with van der Waals surface area (Å²) in [5.41, 5.74) is 1.27. The average molecular weight is 928 g/mol. The summed E-state index contributed by atoms with van der Waals surface area (Å²) in [6, 6.07) is -1.14. The minimum Gasteiger partial charge on any atom is -0.460 e. The number of methoxy groups -OCH3 is 3. The van der Waals surface area contributed by atoms with Crippen molar-refractivity contribution in [1.82, 2.24) is 4.90 Å². The number of nitrogens with zero attached hydrogens (tertiary/aromatic N) is 1. The predicted octanol–water partition coefficient (Wildman–Crippen LogP) is 6.57. The standard InChI is InChI=1S/C52H81NO13/c1-11-37-18-14-12-13-17-31(2)43(62-8)29-39-22-20-36(7)52(61,66-39)49(58)50(59)53-24-16-15-19-40(53)51(60)65-44(33(4)26-38-21-23-41(54)45(28-38)63-9)30-42(55)32(3)25-34(5)46(56)48(64-10)47(57)35(6)27-37/h12-14,17-18,25,32-33,35-41,43-46,48,54,56,61H,11,15-16,19-24,26-30H2,1-10H3. The van der Waals surface area contributed by atoms with Crippen molar-refractivity contribution in [3.05, 3.63) is 47.6 Å². The van der Waals surface area contributed by atoms with Gasteiger partial charge in [0.25, 0.3) is 11.7 Å². The molecule has 3 aliphatic heterocycles. The summed E-state index contributed by atoms with van der Waals surface area (Å²) in [4.78, 5) is 72.0. The molecule has 0 spiro atoms. The van der Waals surface area contributed by atoms with E-state index in [1.54, 1.807) is 41.1 Å². The van der Waals surface area contributed by atoms with Crippen molar-refractivity contribution in [3.8, 4) is 0 Å². The highest BCUT2D eigenvalue weighted by Gasteiger charge is 2.53. The van der Waals surface area contributed by atoms with Gasteiger partial charge in [0.2, 0.25) is 5.79 Å². The van der Waals surface area contributed by atoms with Gasteiger partial charge in [0.05, 0.1) is 24.4 Å². The van der Waals surface area contributed by atoms with Crippen molar-refractivity contribution >= 4 is 29.2 Å². The van der Waals surface area contributed by atoms with Crippen LogP contribution in [0.2, 0.25) is 0 Å². The maximum absolute atomic E-state index is 14.4. The molecule has 2 saturated heterocycles. The lowest BCUT2D eigenvalue weighted by atomic mass is 9.78. The highest BCUT2D eigenvalue weighted by Crippen LogP contribution is 2.38. The molecule has 4 rings (SSSR count). The average Bonchev–Trinajstić information content (AvgIpc) is 3.30. The molecule has 4 aliphatic rings. The molecule has 0 aromatic carbocycles. The Hall–Kier alpha value is -3.37. The molecule has 3 fully saturated rings. The number of carbonyl (C=O) groups excluding carboxylic acids is 5. The molecule has 0 radical (unpaired) electrons. The molecule has 3 N–H and O–H groups in total. The number of fused-ring (bicyclic) bond motifs is 3. The number of allylic oxidation sites excluding steroid dienone is 6. The lowest BCUT2D eigenvalue weighted by Gasteiger charge is -2.42. The van der Waals surface area contributed by atoms with Crippen molar-refractivity contribution in [3.63, 3.8) is 0 Å². The number of hydrogen-bond donors (Lipinski definition) is 3. The van der Waals surface area contributed by atoms with Gasteiger partial charge in [-0.05, 0) is 113 Å². The van der Waals surface area contributed by atoms with Crippen LogP contribution < -0.4 is 0 Å². The number of ketones is 3. The fraction of sp³-hybridized carbons (Fsp3) is 0.750. The third-order valence-electron chi connectivity index (χ3n) is 14.9. The smallest absolute Gasteiger partial charge is 0.329 e. The molecular formula is C52H81NO13. The van der Waals surface area contributed by atoms with Crippen LogP contribution >= 0.6 is 0 Å². The number of ether oxygens (including phenoxy) is 5. The molecule has 372 valence electrons. The minimum atomic E-state index is -2.43. The third-order valence-corrected chi connectivity index (χ3v) is 14.9. The zero-order valence-corrected chi connectivity index (χ0v) is 41.3. The van der Waals surface area contributed by atoms with Crippen LogP contribution in [0.25, 0.3) is 0 Å². The molecule has 1 amide bonds. The SMILES string of the molecule is CCC1C=CC=CC=C(C)C(OC)CC2CCC(C)C(O)(O2)C(=O)C(=O)N2CCCCC2C(=O)OC(C(C)CC2CCC(O)C(OC)C2)CC(=O)C(C)C=C(C)C(O)C(OC)C(=O)C(C)C1. The fourth-order valence-corrected chi connectivity index (χ4v) is 10.3. The summed E-state index contributed by atoms with van der Waals surface area (Å²) in [5, 5.41) is 33.9. The van der Waals surface area contributed by atoms with Gasteiger partial charge in [-0.3, -0.25) is 19.2 Å². The first-order valence-electron chi connectivity index (χ1n) is 24.5. The van der Waals surface area contributed by atoms with E-state index in [0.29, 0.717) is 63.4 Å². The monoisotopic (exact) mass is 928 g/mol. The minimum absolute atomic E-state index is 0.0702. The summed E-state index contributed by atoms with van der Waals surface area (Å²) in [6.45, 7) is 12.8. The second-order valence-corrected chi connectivity index (χ2v) is 19.8. The molecule has 15 atom stereocenters. The lowest BCUT2D eigenvalue weighted by Crippen LogP contribution is -2.61. The van der Waals surface area contributed by atoms with E-state index >= 15 is 0 Å². The molecule has 2 bridgehead atoms. The van der Waals surface area contributed by atoms with E-state index in [2.05, 4.69) is 13.0 Å². The van der Waals surface area contributed by atoms with Gasteiger partial charge < -0.3 is 43.9 Å². The number of Topliss-reactive ketones (excluding diaryl/α,β-unsaturated/α-hetero) is 3. The normalized spacial score (nSPS) is 37.4. The van der Waals surface area contributed by atoms with Gasteiger partial charge in [0, 0.05) is 58.5 Å². The Morgan fingerprint density at radius 3 is 2.26 bits per heavy atom. The maximum Gasteiger partial charge on any atom is 0.329 e. The predicted molar refractivity (Wildman–Crippen MR) is 250 cm³/mol. The zero-order chi connectivity index (χ0) is 48.9. The van der Waals surface area contributed by atoms with Gasteiger partial charge in [0.1, 0.15) is 30.1 Å². The molecule has 1 saturated carbocycles. The number of esters is 1. The Balaban J connectivity index is 1.71. The largest absolute Gasteiger partial charge is 0.460 e. The fourth-order valence-electron chi connectivity index (χ4n) is 10.3. The summed E-state index contributed by atoms with van der Waals surface area (Å²) in [6.07, 6.45) is 12.1. The second-order valence-electron chi connectivity index (χ2n) is 19.8. The van der Waals surface area contributed by atoms with Crippen molar-refractivity contribution in [1.29, 1.82) is 0 Å².